The molecule has 2 rings (SSSR count). The van der Waals surface area contributed by atoms with E-state index >= 15 is 0 Å². The van der Waals surface area contributed by atoms with Crippen LogP contribution in [0.4, 0.5) is 5.69 Å². The van der Waals surface area contributed by atoms with E-state index in [1.807, 2.05) is 0 Å². The van der Waals surface area contributed by atoms with Gasteiger partial charge in [0.25, 0.3) is 5.91 Å². The quantitative estimate of drug-likeness (QED) is 0.835. The number of amides is 1. The van der Waals surface area contributed by atoms with Crippen LogP contribution >= 0.6 is 0 Å². The Morgan fingerprint density at radius 1 is 1.21 bits per heavy atom. The Labute approximate surface area is 111 Å². The van der Waals surface area contributed by atoms with E-state index in [0.29, 0.717) is 17.9 Å². The molecule has 1 aromatic carbocycles. The van der Waals surface area contributed by atoms with Crippen molar-refractivity contribution in [1.82, 2.24) is 4.98 Å². The Hall–Kier alpha value is -2.62. The second-order valence-corrected chi connectivity index (χ2v) is 3.81. The van der Waals surface area contributed by atoms with Crippen molar-refractivity contribution in [3.63, 3.8) is 0 Å². The van der Waals surface area contributed by atoms with E-state index in [-0.39, 0.29) is 5.91 Å². The molecule has 0 spiro atoms. The Morgan fingerprint density at radius 2 is 1.89 bits per heavy atom. The fourth-order valence-corrected chi connectivity index (χ4v) is 1.50. The minimum atomic E-state index is -0.165. The molecule has 1 amide bonds. The van der Waals surface area contributed by atoms with Gasteiger partial charge in [0.2, 0.25) is 0 Å². The number of nitrogens with zero attached hydrogens (tertiary/aromatic N) is 1. The summed E-state index contributed by atoms with van der Waals surface area (Å²) in [6.07, 6.45) is 4.85. The summed E-state index contributed by atoms with van der Waals surface area (Å²) in [5.74, 6) is 0.573. The van der Waals surface area contributed by atoms with Crippen LogP contribution in [-0.4, -0.2) is 17.5 Å². The van der Waals surface area contributed by atoms with Crippen molar-refractivity contribution in [3.05, 3.63) is 67.0 Å². The molecule has 0 aliphatic heterocycles. The van der Waals surface area contributed by atoms with Gasteiger partial charge < -0.3 is 10.1 Å². The highest BCUT2D eigenvalue weighted by atomic mass is 16.5. The van der Waals surface area contributed by atoms with Crippen LogP contribution in [0.25, 0.3) is 0 Å². The van der Waals surface area contributed by atoms with E-state index in [1.54, 1.807) is 54.9 Å². The summed E-state index contributed by atoms with van der Waals surface area (Å²) in [5.41, 5.74) is 1.29. The number of anilines is 1. The number of aromatic nitrogens is 1. The number of rotatable bonds is 5. The number of carbonyl (C=O) groups excluding carboxylic acids is 1. The minimum absolute atomic E-state index is 0.165. The van der Waals surface area contributed by atoms with Crippen LogP contribution in [0.1, 0.15) is 10.4 Å². The first-order chi connectivity index (χ1) is 9.29. The fourth-order valence-electron chi connectivity index (χ4n) is 1.50. The highest BCUT2D eigenvalue weighted by molar-refractivity contribution is 6.04. The summed E-state index contributed by atoms with van der Waals surface area (Å²) >= 11 is 0. The second kappa shape index (κ2) is 6.35. The summed E-state index contributed by atoms with van der Waals surface area (Å²) in [7, 11) is 0. The molecule has 0 saturated heterocycles. The van der Waals surface area contributed by atoms with Gasteiger partial charge in [-0.1, -0.05) is 12.7 Å². The zero-order chi connectivity index (χ0) is 13.5. The highest BCUT2D eigenvalue weighted by Crippen LogP contribution is 2.16. The molecule has 4 nitrogen and oxygen atoms in total. The van der Waals surface area contributed by atoms with Crippen molar-refractivity contribution in [3.8, 4) is 5.75 Å². The van der Waals surface area contributed by atoms with E-state index in [4.69, 9.17) is 4.74 Å². The third kappa shape index (κ3) is 3.67. The summed E-state index contributed by atoms with van der Waals surface area (Å²) in [6.45, 7) is 4.04. The number of benzene rings is 1. The average molecular weight is 254 g/mol. The van der Waals surface area contributed by atoms with Gasteiger partial charge in [-0.25, -0.2) is 0 Å². The zero-order valence-electron chi connectivity index (χ0n) is 10.4. The SMILES string of the molecule is C=CCOc1ccc(NC(=O)c2ccncc2)cc1. The standard InChI is InChI=1S/C15H14N2O2/c1-2-11-19-14-5-3-13(4-6-14)17-15(18)12-7-9-16-10-8-12/h2-10H,1,11H2,(H,17,18). The van der Waals surface area contributed by atoms with Gasteiger partial charge in [-0.15, -0.1) is 0 Å². The third-order valence-corrected chi connectivity index (χ3v) is 2.42. The summed E-state index contributed by atoms with van der Waals surface area (Å²) in [4.78, 5) is 15.8. The molecule has 0 aliphatic carbocycles. The van der Waals surface area contributed by atoms with Gasteiger partial charge in [-0.2, -0.15) is 0 Å². The molecule has 19 heavy (non-hydrogen) atoms. The smallest absolute Gasteiger partial charge is 0.255 e. The normalized spacial score (nSPS) is 9.68. The van der Waals surface area contributed by atoms with E-state index < -0.39 is 0 Å². The lowest BCUT2D eigenvalue weighted by Gasteiger charge is -2.07. The molecule has 0 saturated carbocycles. The summed E-state index contributed by atoms with van der Waals surface area (Å²) in [6, 6.07) is 10.5. The number of pyridine rings is 1. The molecule has 0 atom stereocenters. The van der Waals surface area contributed by atoms with E-state index in [9.17, 15) is 4.79 Å². The lowest BCUT2D eigenvalue weighted by Crippen LogP contribution is -2.11. The topological polar surface area (TPSA) is 51.2 Å². The molecule has 1 N–H and O–H groups in total. The molecule has 0 unspecified atom stereocenters. The number of carbonyl (C=O) groups is 1. The molecular weight excluding hydrogens is 240 g/mol. The molecule has 0 bridgehead atoms. The lowest BCUT2D eigenvalue weighted by molar-refractivity contribution is 0.102. The van der Waals surface area contributed by atoms with Crippen LogP contribution in [0.2, 0.25) is 0 Å². The summed E-state index contributed by atoms with van der Waals surface area (Å²) < 4.78 is 5.36. The van der Waals surface area contributed by atoms with Crippen LogP contribution in [0.5, 0.6) is 5.75 Å². The lowest BCUT2D eigenvalue weighted by atomic mass is 10.2. The Bertz CT molecular complexity index is 550. The predicted molar refractivity (Wildman–Crippen MR) is 74.3 cm³/mol. The van der Waals surface area contributed by atoms with Gasteiger partial charge in [0.05, 0.1) is 0 Å². The largest absolute Gasteiger partial charge is 0.490 e. The van der Waals surface area contributed by atoms with Gasteiger partial charge in [0.1, 0.15) is 12.4 Å². The molecule has 1 heterocycles. The molecule has 4 heteroatoms. The van der Waals surface area contributed by atoms with Crippen molar-refractivity contribution in [2.45, 2.75) is 0 Å². The number of ether oxygens (including phenoxy) is 1. The predicted octanol–water partition coefficient (Wildman–Crippen LogP) is 2.90. The molecule has 0 aliphatic rings. The van der Waals surface area contributed by atoms with E-state index in [1.165, 1.54) is 0 Å². The van der Waals surface area contributed by atoms with Crippen molar-refractivity contribution >= 4 is 11.6 Å². The second-order valence-electron chi connectivity index (χ2n) is 3.81. The third-order valence-electron chi connectivity index (χ3n) is 2.42. The van der Waals surface area contributed by atoms with E-state index in [0.717, 1.165) is 5.75 Å². The maximum atomic E-state index is 11.9. The van der Waals surface area contributed by atoms with Crippen LogP contribution in [-0.2, 0) is 0 Å². The van der Waals surface area contributed by atoms with Crippen molar-refractivity contribution < 1.29 is 9.53 Å². The first-order valence-electron chi connectivity index (χ1n) is 5.85. The number of nitrogens with one attached hydrogen (secondary N) is 1. The molecular formula is C15H14N2O2. The molecule has 1 aromatic heterocycles. The fraction of sp³-hybridized carbons (Fsp3) is 0.0667. The van der Waals surface area contributed by atoms with Crippen LogP contribution in [0.15, 0.2) is 61.4 Å². The number of hydrogen-bond donors (Lipinski definition) is 1. The van der Waals surface area contributed by atoms with Gasteiger partial charge in [0, 0.05) is 23.6 Å². The average Bonchev–Trinajstić information content (AvgIpc) is 2.47. The number of hydrogen-bond acceptors (Lipinski definition) is 3. The van der Waals surface area contributed by atoms with Crippen LogP contribution in [0.3, 0.4) is 0 Å². The first-order valence-corrected chi connectivity index (χ1v) is 5.85. The van der Waals surface area contributed by atoms with Gasteiger partial charge in [-0.05, 0) is 36.4 Å². The van der Waals surface area contributed by atoms with Crippen molar-refractivity contribution in [1.29, 1.82) is 0 Å². The van der Waals surface area contributed by atoms with Gasteiger partial charge in [-0.3, -0.25) is 9.78 Å². The highest BCUT2D eigenvalue weighted by Gasteiger charge is 2.05. The Kier molecular flexibility index (Phi) is 4.29. The monoisotopic (exact) mass is 254 g/mol. The van der Waals surface area contributed by atoms with Crippen molar-refractivity contribution in [2.24, 2.45) is 0 Å². The zero-order valence-corrected chi connectivity index (χ0v) is 10.4. The molecule has 0 radical (unpaired) electrons. The summed E-state index contributed by atoms with van der Waals surface area (Å²) in [5, 5.41) is 2.80. The van der Waals surface area contributed by atoms with Gasteiger partial charge in [0.15, 0.2) is 0 Å². The Balaban J connectivity index is 1.99. The maximum absolute atomic E-state index is 11.9. The van der Waals surface area contributed by atoms with Crippen LogP contribution in [0, 0.1) is 0 Å². The minimum Gasteiger partial charge on any atom is -0.490 e. The maximum Gasteiger partial charge on any atom is 0.255 e. The first kappa shape index (κ1) is 12.8. The van der Waals surface area contributed by atoms with E-state index in [2.05, 4.69) is 16.9 Å². The molecule has 96 valence electrons. The molecule has 2 aromatic rings. The van der Waals surface area contributed by atoms with Crippen LogP contribution < -0.4 is 10.1 Å². The van der Waals surface area contributed by atoms with Gasteiger partial charge >= 0.3 is 0 Å². The molecule has 0 fully saturated rings. The Morgan fingerprint density at radius 3 is 2.53 bits per heavy atom. The van der Waals surface area contributed by atoms with Crippen molar-refractivity contribution in [2.75, 3.05) is 11.9 Å².